The van der Waals surface area contributed by atoms with Crippen LogP contribution in [0.25, 0.3) is 0 Å². The van der Waals surface area contributed by atoms with Crippen LogP contribution in [0.4, 0.5) is 5.69 Å². The molecule has 1 amide bonds. The molecule has 0 unspecified atom stereocenters. The Hall–Kier alpha value is -1.62. The van der Waals surface area contributed by atoms with Gasteiger partial charge < -0.3 is 16.0 Å². The molecule has 1 rings (SSSR count). The zero-order chi connectivity index (χ0) is 15.2. The van der Waals surface area contributed by atoms with E-state index in [9.17, 15) is 4.79 Å². The average molecular weight is 278 g/mol. The zero-order valence-electron chi connectivity index (χ0n) is 12.9. The average Bonchev–Trinajstić information content (AvgIpc) is 2.45. The van der Waals surface area contributed by atoms with Gasteiger partial charge in [-0.1, -0.05) is 13.8 Å². The molecule has 1 heterocycles. The van der Waals surface area contributed by atoms with Crippen LogP contribution >= 0.6 is 0 Å². The maximum atomic E-state index is 11.8. The Balaban J connectivity index is 2.93. The maximum absolute atomic E-state index is 11.8. The molecular formula is C15H26N4O. The minimum Gasteiger partial charge on any atom is -0.371 e. The summed E-state index contributed by atoms with van der Waals surface area (Å²) in [5.74, 6) is -0.136. The summed E-state index contributed by atoms with van der Waals surface area (Å²) in [6, 6.07) is 3.76. The fraction of sp³-hybridized carbons (Fsp3) is 0.600. The molecule has 3 N–H and O–H groups in total. The molecule has 1 aromatic rings. The second-order valence-electron chi connectivity index (χ2n) is 5.64. The van der Waals surface area contributed by atoms with Crippen LogP contribution in [0.1, 0.15) is 38.2 Å². The van der Waals surface area contributed by atoms with Crippen molar-refractivity contribution in [3.8, 4) is 0 Å². The van der Waals surface area contributed by atoms with Gasteiger partial charge in [-0.05, 0) is 37.9 Å². The molecule has 0 bridgehead atoms. The number of nitrogens with two attached hydrogens (primary N) is 1. The molecule has 0 aliphatic heterocycles. The molecule has 0 aliphatic rings. The van der Waals surface area contributed by atoms with E-state index < -0.39 is 0 Å². The number of hydrogen-bond acceptors (Lipinski definition) is 4. The fourth-order valence-corrected chi connectivity index (χ4v) is 1.96. The van der Waals surface area contributed by atoms with Crippen molar-refractivity contribution in [2.24, 2.45) is 11.1 Å². The number of carbonyl (C=O) groups is 1. The molecule has 0 spiro atoms. The molecule has 0 radical (unpaired) electrons. The molecule has 5 nitrogen and oxygen atoms in total. The van der Waals surface area contributed by atoms with Crippen molar-refractivity contribution in [3.63, 3.8) is 0 Å². The Bertz CT molecular complexity index is 445. The SMILES string of the molecule is CCNC(=O)c1cc(N(CC)CC(C)(C)CN)ccn1. The third-order valence-corrected chi connectivity index (χ3v) is 3.23. The third kappa shape index (κ3) is 4.49. The first-order valence-electron chi connectivity index (χ1n) is 7.12. The number of amides is 1. The lowest BCUT2D eigenvalue weighted by molar-refractivity contribution is 0.0951. The molecule has 1 aromatic heterocycles. The number of nitrogens with zero attached hydrogens (tertiary/aromatic N) is 2. The van der Waals surface area contributed by atoms with E-state index in [-0.39, 0.29) is 11.3 Å². The van der Waals surface area contributed by atoms with E-state index in [1.807, 2.05) is 19.1 Å². The highest BCUT2D eigenvalue weighted by Crippen LogP contribution is 2.21. The van der Waals surface area contributed by atoms with E-state index in [1.165, 1.54) is 0 Å². The highest BCUT2D eigenvalue weighted by Gasteiger charge is 2.20. The van der Waals surface area contributed by atoms with E-state index in [2.05, 4.69) is 36.0 Å². The van der Waals surface area contributed by atoms with Crippen LogP contribution in [0.2, 0.25) is 0 Å². The molecule has 0 atom stereocenters. The van der Waals surface area contributed by atoms with E-state index in [1.54, 1.807) is 6.20 Å². The highest BCUT2D eigenvalue weighted by molar-refractivity contribution is 5.93. The summed E-state index contributed by atoms with van der Waals surface area (Å²) in [6.07, 6.45) is 1.68. The second-order valence-corrected chi connectivity index (χ2v) is 5.64. The lowest BCUT2D eigenvalue weighted by Crippen LogP contribution is -2.39. The van der Waals surface area contributed by atoms with Crippen LogP contribution in [0.15, 0.2) is 18.3 Å². The van der Waals surface area contributed by atoms with Crippen molar-refractivity contribution in [1.82, 2.24) is 10.3 Å². The van der Waals surface area contributed by atoms with Crippen molar-refractivity contribution in [2.75, 3.05) is 31.1 Å². The first-order valence-corrected chi connectivity index (χ1v) is 7.12. The molecule has 0 aliphatic carbocycles. The topological polar surface area (TPSA) is 71.2 Å². The van der Waals surface area contributed by atoms with Gasteiger partial charge in [0.15, 0.2) is 0 Å². The molecule has 112 valence electrons. The Kier molecular flexibility index (Phi) is 5.95. The maximum Gasteiger partial charge on any atom is 0.269 e. The van der Waals surface area contributed by atoms with Gasteiger partial charge in [-0.25, -0.2) is 0 Å². The van der Waals surface area contributed by atoms with Gasteiger partial charge in [-0.3, -0.25) is 9.78 Å². The molecule has 0 saturated heterocycles. The number of nitrogens with one attached hydrogen (secondary N) is 1. The number of aromatic nitrogens is 1. The number of rotatable bonds is 7. The standard InChI is InChI=1S/C15H26N4O/c1-5-17-14(20)13-9-12(7-8-18-13)19(6-2)11-15(3,4)10-16/h7-9H,5-6,10-11,16H2,1-4H3,(H,17,20). The summed E-state index contributed by atoms with van der Waals surface area (Å²) in [5, 5.41) is 2.77. The number of anilines is 1. The highest BCUT2D eigenvalue weighted by atomic mass is 16.1. The predicted octanol–water partition coefficient (Wildman–Crippen LogP) is 1.64. The monoisotopic (exact) mass is 278 g/mol. The summed E-state index contributed by atoms with van der Waals surface area (Å²) < 4.78 is 0. The van der Waals surface area contributed by atoms with Crippen molar-refractivity contribution in [2.45, 2.75) is 27.7 Å². The van der Waals surface area contributed by atoms with Crippen molar-refractivity contribution < 1.29 is 4.79 Å². The van der Waals surface area contributed by atoms with Crippen LogP contribution in [0, 0.1) is 5.41 Å². The molecule has 5 heteroatoms. The minimum atomic E-state index is -0.136. The van der Waals surface area contributed by atoms with Crippen LogP contribution < -0.4 is 16.0 Å². The summed E-state index contributed by atoms with van der Waals surface area (Å²) in [5.41, 5.74) is 7.29. The lowest BCUT2D eigenvalue weighted by atomic mass is 9.93. The quantitative estimate of drug-likeness (QED) is 0.795. The summed E-state index contributed by atoms with van der Waals surface area (Å²) in [4.78, 5) is 18.2. The van der Waals surface area contributed by atoms with Gasteiger partial charge in [-0.15, -0.1) is 0 Å². The summed E-state index contributed by atoms with van der Waals surface area (Å²) >= 11 is 0. The van der Waals surface area contributed by atoms with Crippen LogP contribution in [0.5, 0.6) is 0 Å². The van der Waals surface area contributed by atoms with Gasteiger partial charge in [0.2, 0.25) is 0 Å². The predicted molar refractivity (Wildman–Crippen MR) is 83.0 cm³/mol. The van der Waals surface area contributed by atoms with Crippen molar-refractivity contribution >= 4 is 11.6 Å². The van der Waals surface area contributed by atoms with Crippen LogP contribution in [-0.4, -0.2) is 37.1 Å². The van der Waals surface area contributed by atoms with Crippen LogP contribution in [-0.2, 0) is 0 Å². The van der Waals surface area contributed by atoms with Gasteiger partial charge in [0, 0.05) is 31.5 Å². The normalized spacial score (nSPS) is 11.2. The van der Waals surface area contributed by atoms with Crippen molar-refractivity contribution in [3.05, 3.63) is 24.0 Å². The molecule has 0 aromatic carbocycles. The van der Waals surface area contributed by atoms with Gasteiger partial charge in [0.1, 0.15) is 5.69 Å². The number of hydrogen-bond donors (Lipinski definition) is 2. The van der Waals surface area contributed by atoms with E-state index >= 15 is 0 Å². The Morgan fingerprint density at radius 1 is 1.45 bits per heavy atom. The Labute approximate surface area is 121 Å². The summed E-state index contributed by atoms with van der Waals surface area (Å²) in [7, 11) is 0. The van der Waals surface area contributed by atoms with Gasteiger partial charge in [0.05, 0.1) is 0 Å². The third-order valence-electron chi connectivity index (χ3n) is 3.23. The minimum absolute atomic E-state index is 0.0329. The zero-order valence-corrected chi connectivity index (χ0v) is 12.9. The number of carbonyl (C=O) groups excluding carboxylic acids is 1. The molecular weight excluding hydrogens is 252 g/mol. The van der Waals surface area contributed by atoms with Gasteiger partial charge in [0.25, 0.3) is 5.91 Å². The summed E-state index contributed by atoms with van der Waals surface area (Å²) in [6.45, 7) is 11.2. The van der Waals surface area contributed by atoms with E-state index in [4.69, 9.17) is 5.73 Å². The van der Waals surface area contributed by atoms with Crippen LogP contribution in [0.3, 0.4) is 0 Å². The van der Waals surface area contributed by atoms with Crippen molar-refractivity contribution in [1.29, 1.82) is 0 Å². The molecule has 0 fully saturated rings. The Morgan fingerprint density at radius 2 is 2.15 bits per heavy atom. The first-order chi connectivity index (χ1) is 9.43. The lowest BCUT2D eigenvalue weighted by Gasteiger charge is -2.32. The molecule has 0 saturated carbocycles. The van der Waals surface area contributed by atoms with Gasteiger partial charge >= 0.3 is 0 Å². The number of pyridine rings is 1. The van der Waals surface area contributed by atoms with E-state index in [0.717, 1.165) is 18.8 Å². The smallest absolute Gasteiger partial charge is 0.269 e. The second kappa shape index (κ2) is 7.24. The largest absolute Gasteiger partial charge is 0.371 e. The van der Waals surface area contributed by atoms with Gasteiger partial charge in [-0.2, -0.15) is 0 Å². The first kappa shape index (κ1) is 16.4. The molecule has 20 heavy (non-hydrogen) atoms. The Morgan fingerprint density at radius 3 is 2.70 bits per heavy atom. The fourth-order valence-electron chi connectivity index (χ4n) is 1.96. The van der Waals surface area contributed by atoms with E-state index in [0.29, 0.717) is 18.8 Å².